The van der Waals surface area contributed by atoms with Gasteiger partial charge in [0.25, 0.3) is 0 Å². The van der Waals surface area contributed by atoms with Crippen molar-refractivity contribution in [3.8, 4) is 0 Å². The number of ketones is 1. The Balaban J connectivity index is 0. The van der Waals surface area contributed by atoms with E-state index in [2.05, 4.69) is 5.32 Å². The molecule has 10 N–H and O–H groups in total. The number of nitrogens with one attached hydrogen (secondary N) is 1. The highest BCUT2D eigenvalue weighted by Crippen LogP contribution is 2.04. The predicted octanol–water partition coefficient (Wildman–Crippen LogP) is -2.31. The lowest BCUT2D eigenvalue weighted by Crippen LogP contribution is -2.42. The molecule has 0 aromatic rings. The van der Waals surface area contributed by atoms with Crippen LogP contribution in [0.2, 0.25) is 0 Å². The number of carbonyl (C=O) groups is 3. The number of nitrogens with two attached hydrogens (primary N) is 4. The Kier molecular flexibility index (Phi) is 15.7. The first-order valence-electron chi connectivity index (χ1n) is 7.93. The van der Waals surface area contributed by atoms with Crippen molar-refractivity contribution in [1.82, 2.24) is 10.3 Å². The van der Waals surface area contributed by atoms with Crippen LogP contribution in [0.1, 0.15) is 32.6 Å². The van der Waals surface area contributed by atoms with Crippen molar-refractivity contribution in [1.29, 1.82) is 0 Å². The number of hydrazine groups is 1. The second-order valence-electron chi connectivity index (χ2n) is 5.38. The lowest BCUT2D eigenvalue weighted by molar-refractivity contribution is -0.127. The number of unbranched alkanes of at least 4 members (excludes halogenated alkanes) is 1. The van der Waals surface area contributed by atoms with Gasteiger partial charge in [-0.15, -0.1) is 0 Å². The van der Waals surface area contributed by atoms with Crippen molar-refractivity contribution in [3.63, 3.8) is 0 Å². The van der Waals surface area contributed by atoms with Gasteiger partial charge in [0.05, 0.1) is 12.1 Å². The summed E-state index contributed by atoms with van der Waals surface area (Å²) in [5.41, 5.74) is 16.8. The molecule has 10 heteroatoms. The predicted molar refractivity (Wildman–Crippen MR) is 95.5 cm³/mol. The summed E-state index contributed by atoms with van der Waals surface area (Å²) in [7, 11) is 1.00. The molecule has 0 bridgehead atoms. The number of aldehydes is 1. The summed E-state index contributed by atoms with van der Waals surface area (Å²) in [5.74, 6) is 5.16. The number of hydrogen-bond donors (Lipinski definition) is 6. The molecule has 0 aliphatic heterocycles. The maximum absolute atomic E-state index is 11.7. The molecule has 0 spiro atoms. The fourth-order valence-electron chi connectivity index (χ4n) is 1.87. The lowest BCUT2D eigenvalue weighted by Gasteiger charge is -2.18. The Bertz CT molecular complexity index is 430. The second-order valence-corrected chi connectivity index (χ2v) is 5.38. The van der Waals surface area contributed by atoms with Gasteiger partial charge in [-0.1, -0.05) is 0 Å². The molecule has 0 aliphatic carbocycles. The second kappa shape index (κ2) is 15.5. The van der Waals surface area contributed by atoms with Crippen molar-refractivity contribution >= 4 is 18.0 Å². The summed E-state index contributed by atoms with van der Waals surface area (Å²) in [6.07, 6.45) is 3.82. The first-order valence-corrected chi connectivity index (χ1v) is 7.93. The molecule has 146 valence electrons. The van der Waals surface area contributed by atoms with Crippen LogP contribution >= 0.6 is 0 Å². The van der Waals surface area contributed by atoms with Crippen molar-refractivity contribution in [2.24, 2.45) is 23.0 Å². The van der Waals surface area contributed by atoms with Crippen LogP contribution in [0.15, 0.2) is 11.9 Å². The van der Waals surface area contributed by atoms with Gasteiger partial charge in [-0.2, -0.15) is 0 Å². The van der Waals surface area contributed by atoms with Crippen LogP contribution in [-0.4, -0.2) is 60.4 Å². The van der Waals surface area contributed by atoms with Gasteiger partial charge in [-0.25, -0.2) is 5.84 Å². The Hall–Kier alpha value is -2.01. The summed E-state index contributed by atoms with van der Waals surface area (Å²) in [6, 6.07) is -1.44. The van der Waals surface area contributed by atoms with Gasteiger partial charge < -0.3 is 37.4 Å². The van der Waals surface area contributed by atoms with Crippen LogP contribution in [-0.2, 0) is 14.4 Å². The van der Waals surface area contributed by atoms with E-state index in [9.17, 15) is 14.4 Å². The molecule has 25 heavy (non-hydrogen) atoms. The summed E-state index contributed by atoms with van der Waals surface area (Å²) in [4.78, 5) is 33.6. The van der Waals surface area contributed by atoms with Crippen LogP contribution in [0.25, 0.3) is 0 Å². The SMILES string of the molecule is CC(=O)C(CCCCN(N)/C=C(\N)CN)NC(=O)CC(N)C=O.CO. The topological polar surface area (TPSA) is 191 Å². The summed E-state index contributed by atoms with van der Waals surface area (Å²) in [6.45, 7) is 2.19. The number of aliphatic hydroxyl groups excluding tert-OH is 1. The van der Waals surface area contributed by atoms with E-state index in [1.165, 1.54) is 11.9 Å². The molecule has 0 rings (SSSR count). The van der Waals surface area contributed by atoms with Gasteiger partial charge in [0.2, 0.25) is 5.91 Å². The highest BCUT2D eigenvalue weighted by atomic mass is 16.2. The fraction of sp³-hybridized carbons (Fsp3) is 0.667. The quantitative estimate of drug-likeness (QED) is 0.0960. The third kappa shape index (κ3) is 14.1. The van der Waals surface area contributed by atoms with E-state index in [4.69, 9.17) is 28.2 Å². The molecule has 0 radical (unpaired) electrons. The molecule has 2 unspecified atom stereocenters. The van der Waals surface area contributed by atoms with E-state index in [1.54, 1.807) is 6.20 Å². The Morgan fingerprint density at radius 3 is 2.36 bits per heavy atom. The van der Waals surface area contributed by atoms with Gasteiger partial charge >= 0.3 is 0 Å². The lowest BCUT2D eigenvalue weighted by atomic mass is 10.1. The largest absolute Gasteiger partial charge is 0.400 e. The third-order valence-corrected chi connectivity index (χ3v) is 3.15. The molecule has 1 amide bonds. The standard InChI is InChI=1S/C14H28N6O3.CH4O/c1-10(22)13(19-14(23)6-11(16)9-21)4-2-3-5-20(18)8-12(17)7-15;1-2/h8-9,11,13H,2-7,15-18H2,1H3,(H,19,23);2H,1H3/b12-8-;. The summed E-state index contributed by atoms with van der Waals surface area (Å²) < 4.78 is 0. The summed E-state index contributed by atoms with van der Waals surface area (Å²) in [5, 5.41) is 11.0. The minimum atomic E-state index is -0.854. The number of rotatable bonds is 12. The van der Waals surface area contributed by atoms with Crippen molar-refractivity contribution in [2.45, 2.75) is 44.7 Å². The molecule has 0 aromatic heterocycles. The van der Waals surface area contributed by atoms with Crippen LogP contribution < -0.4 is 28.4 Å². The van der Waals surface area contributed by atoms with E-state index in [-0.39, 0.29) is 18.7 Å². The number of Topliss-reactive ketones (excluding diaryl/α,β-unsaturated/α-hetero) is 1. The molecular formula is C15H32N6O4. The van der Waals surface area contributed by atoms with Crippen LogP contribution in [0.4, 0.5) is 0 Å². The number of carbonyl (C=O) groups excluding carboxylic acids is 3. The minimum absolute atomic E-state index is 0.132. The maximum Gasteiger partial charge on any atom is 0.222 e. The average Bonchev–Trinajstić information content (AvgIpc) is 2.58. The van der Waals surface area contributed by atoms with Crippen LogP contribution in [0, 0.1) is 0 Å². The van der Waals surface area contributed by atoms with Gasteiger partial charge in [-0.3, -0.25) is 9.59 Å². The fourth-order valence-corrected chi connectivity index (χ4v) is 1.87. The van der Waals surface area contributed by atoms with Gasteiger partial charge in [0, 0.05) is 38.5 Å². The molecule has 10 nitrogen and oxygen atoms in total. The van der Waals surface area contributed by atoms with Crippen LogP contribution in [0.5, 0.6) is 0 Å². The monoisotopic (exact) mass is 360 g/mol. The van der Waals surface area contributed by atoms with Crippen molar-refractivity contribution < 1.29 is 19.5 Å². The zero-order valence-electron chi connectivity index (χ0n) is 15.0. The van der Waals surface area contributed by atoms with E-state index in [1.807, 2.05) is 0 Å². The van der Waals surface area contributed by atoms with Crippen LogP contribution in [0.3, 0.4) is 0 Å². The highest BCUT2D eigenvalue weighted by molar-refractivity contribution is 5.88. The highest BCUT2D eigenvalue weighted by Gasteiger charge is 2.18. The first kappa shape index (κ1) is 25.2. The third-order valence-electron chi connectivity index (χ3n) is 3.15. The number of nitrogens with zero attached hydrogens (tertiary/aromatic N) is 1. The summed E-state index contributed by atoms with van der Waals surface area (Å²) >= 11 is 0. The molecule has 0 fully saturated rings. The van der Waals surface area contributed by atoms with E-state index in [0.29, 0.717) is 31.4 Å². The van der Waals surface area contributed by atoms with E-state index >= 15 is 0 Å². The first-order chi connectivity index (χ1) is 11.8. The zero-order chi connectivity index (χ0) is 19.8. The van der Waals surface area contributed by atoms with Crippen molar-refractivity contribution in [3.05, 3.63) is 11.9 Å². The average molecular weight is 360 g/mol. The molecule has 0 aliphatic rings. The van der Waals surface area contributed by atoms with Crippen molar-refractivity contribution in [2.75, 3.05) is 20.2 Å². The molecule has 2 atom stereocenters. The molecule has 0 aromatic carbocycles. The smallest absolute Gasteiger partial charge is 0.222 e. The molecule has 0 saturated carbocycles. The van der Waals surface area contributed by atoms with Gasteiger partial charge in [0.1, 0.15) is 6.29 Å². The molecule has 0 saturated heterocycles. The number of aliphatic hydroxyl groups is 1. The Labute approximate surface area is 148 Å². The Morgan fingerprint density at radius 1 is 1.28 bits per heavy atom. The minimum Gasteiger partial charge on any atom is -0.400 e. The number of amides is 1. The van der Waals surface area contributed by atoms with E-state index in [0.717, 1.165) is 13.5 Å². The maximum atomic E-state index is 11.7. The molecule has 0 heterocycles. The number of hydrogen-bond acceptors (Lipinski definition) is 9. The zero-order valence-corrected chi connectivity index (χ0v) is 15.0. The Morgan fingerprint density at radius 2 is 1.88 bits per heavy atom. The molecular weight excluding hydrogens is 328 g/mol. The van der Waals surface area contributed by atoms with E-state index < -0.39 is 18.0 Å². The normalized spacial score (nSPS) is 13.1. The van der Waals surface area contributed by atoms with Gasteiger partial charge in [0.15, 0.2) is 5.78 Å². The van der Waals surface area contributed by atoms with Gasteiger partial charge in [-0.05, 0) is 26.2 Å².